The van der Waals surface area contributed by atoms with E-state index in [1.165, 1.54) is 17.0 Å². The number of piperidine rings is 1. The third kappa shape index (κ3) is 5.62. The third-order valence-electron chi connectivity index (χ3n) is 7.39. The number of amides is 1. The predicted octanol–water partition coefficient (Wildman–Crippen LogP) is 5.42. The van der Waals surface area contributed by atoms with Gasteiger partial charge < -0.3 is 10.1 Å². The number of ether oxygens (including phenoxy) is 1. The van der Waals surface area contributed by atoms with Crippen LogP contribution in [0.1, 0.15) is 49.6 Å². The average Bonchev–Trinajstić information content (AvgIpc) is 3.55. The number of carbonyl (C=O) groups is 1. The molecule has 8 nitrogen and oxygen atoms in total. The molecule has 0 saturated carbocycles. The molecule has 210 valence electrons. The highest BCUT2D eigenvalue weighted by atomic mass is 32.1. The van der Waals surface area contributed by atoms with Gasteiger partial charge in [0, 0.05) is 41.7 Å². The molecule has 3 aliphatic heterocycles. The summed E-state index contributed by atoms with van der Waals surface area (Å²) in [4.78, 5) is 24.8. The Morgan fingerprint density at radius 2 is 1.95 bits per heavy atom. The van der Waals surface area contributed by atoms with Crippen LogP contribution in [0, 0.1) is 11.7 Å². The first-order valence-electron chi connectivity index (χ1n) is 13.7. The summed E-state index contributed by atoms with van der Waals surface area (Å²) in [5, 5.41) is 12.8. The third-order valence-corrected chi connectivity index (χ3v) is 8.29. The first kappa shape index (κ1) is 26.9. The second-order valence-electron chi connectivity index (χ2n) is 11.4. The lowest BCUT2D eigenvalue weighted by molar-refractivity contribution is -0.373. The van der Waals surface area contributed by atoms with Crippen LogP contribution in [0.4, 0.5) is 9.18 Å². The molecule has 1 aromatic carbocycles. The fraction of sp³-hybridized carbons (Fsp3) is 0.400. The molecule has 0 aliphatic carbocycles. The summed E-state index contributed by atoms with van der Waals surface area (Å²) in [5.41, 5.74) is 3.43. The Morgan fingerprint density at radius 3 is 2.65 bits per heavy atom. The zero-order chi connectivity index (χ0) is 27.9. The number of carbonyl (C=O) groups excluding carboxylic acids is 1. The Kier molecular flexibility index (Phi) is 7.35. The lowest BCUT2D eigenvalue weighted by atomic mass is 9.85. The van der Waals surface area contributed by atoms with Crippen molar-refractivity contribution in [1.82, 2.24) is 25.7 Å². The van der Waals surface area contributed by atoms with Crippen molar-refractivity contribution in [1.29, 1.82) is 0 Å². The number of fused-ring (bicyclic) bond motifs is 1. The van der Waals surface area contributed by atoms with E-state index in [0.717, 1.165) is 35.2 Å². The standard InChI is InChI=1S/C30H34FN5O3S/c1-30(2,3)38-29(37)33-22(17-23-5-4-16-40-23)18-35-25-11-10-24-26(19-12-14-32-15-13-19)27(36(39-35)28(24)34-25)20-6-8-21(31)9-7-20/h4-9,12-16,22,24-25,28,34H,10-11,17-18H2,1-3H3,(H,33,37). The largest absolute Gasteiger partial charge is 0.444 e. The molecule has 2 saturated heterocycles. The van der Waals surface area contributed by atoms with Crippen molar-refractivity contribution in [2.75, 3.05) is 6.54 Å². The first-order chi connectivity index (χ1) is 19.2. The van der Waals surface area contributed by atoms with Crippen molar-refractivity contribution >= 4 is 28.7 Å². The molecule has 40 heavy (non-hydrogen) atoms. The summed E-state index contributed by atoms with van der Waals surface area (Å²) < 4.78 is 19.5. The number of hydrogen-bond donors (Lipinski definition) is 2. The quantitative estimate of drug-likeness (QED) is 0.398. The fourth-order valence-corrected chi connectivity index (χ4v) is 6.59. The van der Waals surface area contributed by atoms with Gasteiger partial charge in [-0.05, 0) is 92.6 Å². The highest BCUT2D eigenvalue weighted by Gasteiger charge is 2.51. The van der Waals surface area contributed by atoms with Gasteiger partial charge in [0.25, 0.3) is 0 Å². The molecule has 4 unspecified atom stereocenters. The van der Waals surface area contributed by atoms with Crippen molar-refractivity contribution in [3.05, 3.63) is 88.1 Å². The number of aromatic nitrogens is 1. The molecule has 5 heterocycles. The van der Waals surface area contributed by atoms with Gasteiger partial charge in [-0.2, -0.15) is 4.94 Å². The van der Waals surface area contributed by atoms with Gasteiger partial charge in [-0.1, -0.05) is 6.07 Å². The average molecular weight is 564 g/mol. The van der Waals surface area contributed by atoms with Crippen molar-refractivity contribution in [2.24, 2.45) is 5.92 Å². The summed E-state index contributed by atoms with van der Waals surface area (Å²) >= 11 is 1.66. The van der Waals surface area contributed by atoms with Crippen LogP contribution in [-0.2, 0) is 16.1 Å². The van der Waals surface area contributed by atoms with Crippen LogP contribution in [-0.4, -0.2) is 51.7 Å². The predicted molar refractivity (Wildman–Crippen MR) is 152 cm³/mol. The zero-order valence-electron chi connectivity index (χ0n) is 22.8. The number of thiophene rings is 1. The molecule has 2 aromatic heterocycles. The topological polar surface area (TPSA) is 79.0 Å². The highest BCUT2D eigenvalue weighted by molar-refractivity contribution is 7.09. The van der Waals surface area contributed by atoms with Crippen LogP contribution in [0.15, 0.2) is 66.3 Å². The molecule has 0 radical (unpaired) electrons. The Bertz CT molecular complexity index is 1360. The lowest BCUT2D eigenvalue weighted by Crippen LogP contribution is -2.67. The number of pyridine rings is 1. The molecule has 6 rings (SSSR count). The van der Waals surface area contributed by atoms with Crippen LogP contribution >= 0.6 is 11.3 Å². The smallest absolute Gasteiger partial charge is 0.407 e. The maximum absolute atomic E-state index is 13.9. The number of halogens is 1. The molecule has 2 bridgehead atoms. The van der Waals surface area contributed by atoms with E-state index >= 15 is 0 Å². The molecule has 3 aliphatic rings. The molecule has 2 N–H and O–H groups in total. The minimum absolute atomic E-state index is 0.0185. The second-order valence-corrected chi connectivity index (χ2v) is 12.5. The van der Waals surface area contributed by atoms with Gasteiger partial charge in [-0.25, -0.2) is 14.2 Å². The summed E-state index contributed by atoms with van der Waals surface area (Å²) in [7, 11) is 0. The van der Waals surface area contributed by atoms with E-state index < -0.39 is 11.7 Å². The van der Waals surface area contributed by atoms with E-state index in [1.54, 1.807) is 35.9 Å². The number of hydrogen-bond acceptors (Lipinski definition) is 8. The Hall–Kier alpha value is -3.31. The molecule has 3 aromatic rings. The molecule has 0 spiro atoms. The normalized spacial score (nSPS) is 23.3. The fourth-order valence-electron chi connectivity index (χ4n) is 5.80. The van der Waals surface area contributed by atoms with E-state index in [1.807, 2.05) is 54.5 Å². The minimum atomic E-state index is -0.597. The monoisotopic (exact) mass is 563 g/mol. The summed E-state index contributed by atoms with van der Waals surface area (Å²) in [5.74, 6) is -0.0862. The van der Waals surface area contributed by atoms with Crippen molar-refractivity contribution in [2.45, 2.75) is 64.0 Å². The second kappa shape index (κ2) is 10.9. The van der Waals surface area contributed by atoms with E-state index in [2.05, 4.69) is 21.7 Å². The SMILES string of the molecule is CC(C)(C)OC(=O)NC(Cc1cccs1)CN1ON2C(c3ccc(F)cc3)=C(c3ccncc3)C3CCC1NC32. The molecule has 10 heteroatoms. The van der Waals surface area contributed by atoms with E-state index in [9.17, 15) is 9.18 Å². The van der Waals surface area contributed by atoms with Crippen molar-refractivity contribution < 1.29 is 18.9 Å². The number of alkyl carbamates (subject to hydrolysis) is 1. The number of hydroxylamine groups is 4. The van der Waals surface area contributed by atoms with Crippen molar-refractivity contribution in [3.8, 4) is 0 Å². The first-order valence-corrected chi connectivity index (χ1v) is 14.6. The molecule has 4 atom stereocenters. The van der Waals surface area contributed by atoms with Gasteiger partial charge in [0.2, 0.25) is 0 Å². The summed E-state index contributed by atoms with van der Waals surface area (Å²) in [6.45, 7) is 6.01. The van der Waals surface area contributed by atoms with Gasteiger partial charge in [-0.3, -0.25) is 10.3 Å². The summed E-state index contributed by atoms with van der Waals surface area (Å²) in [6, 6.07) is 14.4. The minimum Gasteiger partial charge on any atom is -0.444 e. The summed E-state index contributed by atoms with van der Waals surface area (Å²) in [6.07, 6.45) is 5.54. The van der Waals surface area contributed by atoms with E-state index in [-0.39, 0.29) is 30.1 Å². The number of nitrogens with one attached hydrogen (secondary N) is 2. The number of rotatable bonds is 7. The zero-order valence-corrected chi connectivity index (χ0v) is 23.7. The van der Waals surface area contributed by atoms with Crippen LogP contribution in [0.3, 0.4) is 0 Å². The van der Waals surface area contributed by atoms with Gasteiger partial charge in [0.1, 0.15) is 17.6 Å². The molecular formula is C30H34FN5O3S. The van der Waals surface area contributed by atoms with Crippen LogP contribution in [0.2, 0.25) is 0 Å². The van der Waals surface area contributed by atoms with Crippen LogP contribution < -0.4 is 10.6 Å². The van der Waals surface area contributed by atoms with Crippen molar-refractivity contribution in [3.63, 3.8) is 0 Å². The van der Waals surface area contributed by atoms with E-state index in [4.69, 9.17) is 9.68 Å². The number of benzene rings is 1. The van der Waals surface area contributed by atoms with Crippen LogP contribution in [0.5, 0.6) is 0 Å². The molecule has 2 fully saturated rings. The van der Waals surface area contributed by atoms with Gasteiger partial charge in [0.05, 0.1) is 17.9 Å². The lowest BCUT2D eigenvalue weighted by Gasteiger charge is -2.49. The maximum Gasteiger partial charge on any atom is 0.407 e. The Morgan fingerprint density at radius 1 is 1.18 bits per heavy atom. The Balaban J connectivity index is 1.31. The van der Waals surface area contributed by atoms with Crippen LogP contribution in [0.25, 0.3) is 11.3 Å². The highest BCUT2D eigenvalue weighted by Crippen LogP contribution is 2.50. The van der Waals surface area contributed by atoms with E-state index in [0.29, 0.717) is 13.0 Å². The van der Waals surface area contributed by atoms with Gasteiger partial charge in [-0.15, -0.1) is 16.4 Å². The maximum atomic E-state index is 13.9. The van der Waals surface area contributed by atoms with Gasteiger partial charge >= 0.3 is 6.09 Å². The van der Waals surface area contributed by atoms with Gasteiger partial charge in [0.15, 0.2) is 0 Å². The molecule has 1 amide bonds. The molecular weight excluding hydrogens is 529 g/mol. The number of nitrogens with zero attached hydrogens (tertiary/aromatic N) is 3. The Labute approximate surface area is 237 Å².